The van der Waals surface area contributed by atoms with Crippen molar-refractivity contribution in [2.24, 2.45) is 4.99 Å². The third kappa shape index (κ3) is 9.87. The Morgan fingerprint density at radius 1 is 1.31 bits per heavy atom. The van der Waals surface area contributed by atoms with Crippen LogP contribution in [0.1, 0.15) is 32.6 Å². The summed E-state index contributed by atoms with van der Waals surface area (Å²) < 4.78 is 11.3. The number of aliphatic imine (C=N–C) groups is 1. The first kappa shape index (κ1) is 12.9. The minimum Gasteiger partial charge on any atom is -0.260 e. The molecule has 13 heavy (non-hydrogen) atoms. The molecule has 2 nitrogen and oxygen atoms in total. The molecule has 0 heterocycles. The van der Waals surface area contributed by atoms with Crippen LogP contribution < -0.4 is 0 Å². The predicted octanol–water partition coefficient (Wildman–Crippen LogP) is 2.42. The summed E-state index contributed by atoms with van der Waals surface area (Å²) in [6.07, 6.45) is 4.16. The Bertz CT molecular complexity index is 188. The van der Waals surface area contributed by atoms with Crippen molar-refractivity contribution in [3.05, 3.63) is 0 Å². The van der Waals surface area contributed by atoms with Crippen LogP contribution in [0.2, 0.25) is 0 Å². The fourth-order valence-corrected chi connectivity index (χ4v) is 2.34. The molecule has 0 spiro atoms. The van der Waals surface area contributed by atoms with Crippen LogP contribution in [-0.2, 0) is 10.8 Å². The summed E-state index contributed by atoms with van der Waals surface area (Å²) in [4.78, 5) is 3.80. The van der Waals surface area contributed by atoms with E-state index in [-0.39, 0.29) is 0 Å². The highest BCUT2D eigenvalue weighted by atomic mass is 32.2. The lowest BCUT2D eigenvalue weighted by atomic mass is 10.3. The van der Waals surface area contributed by atoms with Gasteiger partial charge in [-0.05, 0) is 31.5 Å². The normalized spacial score (nSPS) is 12.1. The van der Waals surface area contributed by atoms with Gasteiger partial charge in [-0.2, -0.15) is 0 Å². The highest BCUT2D eigenvalue weighted by Gasteiger charge is 1.97. The molecule has 0 aromatic heterocycles. The molecule has 0 N–H and O–H groups in total. The van der Waals surface area contributed by atoms with E-state index in [9.17, 15) is 4.21 Å². The molecule has 0 fully saturated rings. The third-order valence-electron chi connectivity index (χ3n) is 1.68. The molecular weight excluding hydrogens is 202 g/mol. The number of hydrogen-bond donors (Lipinski definition) is 0. The van der Waals surface area contributed by atoms with Crippen molar-refractivity contribution < 1.29 is 4.21 Å². The number of unbranched alkanes of at least 4 members (excludes halogenated alkanes) is 2. The SMILES string of the molecule is CCCC[S@@](=O)CCCCN=C=S. The van der Waals surface area contributed by atoms with Crippen LogP contribution in [0.3, 0.4) is 0 Å². The second-order valence-corrected chi connectivity index (χ2v) is 4.76. The highest BCUT2D eigenvalue weighted by Crippen LogP contribution is 1.97. The predicted molar refractivity (Wildman–Crippen MR) is 61.9 cm³/mol. The highest BCUT2D eigenvalue weighted by molar-refractivity contribution is 7.84. The molecule has 0 rings (SSSR count). The van der Waals surface area contributed by atoms with Gasteiger partial charge in [0.1, 0.15) is 0 Å². The minimum atomic E-state index is -0.613. The largest absolute Gasteiger partial charge is 0.260 e. The van der Waals surface area contributed by atoms with Gasteiger partial charge in [0.15, 0.2) is 0 Å². The van der Waals surface area contributed by atoms with Gasteiger partial charge in [-0.1, -0.05) is 13.3 Å². The fourth-order valence-electron chi connectivity index (χ4n) is 0.907. The Balaban J connectivity index is 3.21. The van der Waals surface area contributed by atoms with Gasteiger partial charge in [0.2, 0.25) is 0 Å². The van der Waals surface area contributed by atoms with Crippen LogP contribution in [0.4, 0.5) is 0 Å². The molecule has 4 heteroatoms. The van der Waals surface area contributed by atoms with Crippen LogP contribution in [0, 0.1) is 0 Å². The van der Waals surface area contributed by atoms with Gasteiger partial charge in [0, 0.05) is 28.9 Å². The lowest BCUT2D eigenvalue weighted by Gasteiger charge is -1.99. The molecule has 0 aromatic carbocycles. The van der Waals surface area contributed by atoms with Crippen LogP contribution in [-0.4, -0.2) is 27.4 Å². The average Bonchev–Trinajstić information content (AvgIpc) is 2.14. The van der Waals surface area contributed by atoms with E-state index in [0.717, 1.165) is 43.7 Å². The number of nitrogens with zero attached hydrogens (tertiary/aromatic N) is 1. The average molecular weight is 219 g/mol. The monoisotopic (exact) mass is 219 g/mol. The first-order chi connectivity index (χ1) is 6.31. The molecule has 0 aliphatic heterocycles. The van der Waals surface area contributed by atoms with E-state index in [1.165, 1.54) is 0 Å². The summed E-state index contributed by atoms with van der Waals surface area (Å²) in [7, 11) is -0.613. The van der Waals surface area contributed by atoms with Crippen LogP contribution in [0.5, 0.6) is 0 Å². The lowest BCUT2D eigenvalue weighted by molar-refractivity contribution is 0.674. The molecular formula is C9H17NOS2. The molecule has 0 aliphatic rings. The second kappa shape index (κ2) is 10.0. The maximum atomic E-state index is 11.3. The van der Waals surface area contributed by atoms with Gasteiger partial charge in [-0.25, -0.2) is 4.99 Å². The fraction of sp³-hybridized carbons (Fsp3) is 0.889. The standard InChI is InChI=1S/C9H17NOS2/c1-2-3-7-13(11)8-5-4-6-10-9-12/h2-8H2,1H3/t13-/m1/s1. The molecule has 0 aromatic rings. The van der Waals surface area contributed by atoms with E-state index >= 15 is 0 Å². The Morgan fingerprint density at radius 3 is 2.62 bits per heavy atom. The van der Waals surface area contributed by atoms with Crippen LogP contribution in [0.15, 0.2) is 4.99 Å². The van der Waals surface area contributed by atoms with Gasteiger partial charge in [-0.3, -0.25) is 4.21 Å². The third-order valence-corrected chi connectivity index (χ3v) is 3.30. The van der Waals surface area contributed by atoms with E-state index in [1.54, 1.807) is 0 Å². The quantitative estimate of drug-likeness (QED) is 0.356. The topological polar surface area (TPSA) is 29.4 Å². The van der Waals surface area contributed by atoms with E-state index in [2.05, 4.69) is 29.3 Å². The van der Waals surface area contributed by atoms with E-state index in [1.807, 2.05) is 0 Å². The Hall–Kier alpha value is -0.0500. The molecule has 0 unspecified atom stereocenters. The van der Waals surface area contributed by atoms with E-state index in [0.29, 0.717) is 0 Å². The van der Waals surface area contributed by atoms with Crippen LogP contribution in [0.25, 0.3) is 0 Å². The second-order valence-electron chi connectivity index (χ2n) is 2.88. The minimum absolute atomic E-state index is 0.613. The molecule has 1 atom stereocenters. The molecule has 0 aliphatic carbocycles. The molecule has 0 radical (unpaired) electrons. The summed E-state index contributed by atoms with van der Waals surface area (Å²) in [5.74, 6) is 1.67. The van der Waals surface area contributed by atoms with Crippen molar-refractivity contribution in [3.8, 4) is 0 Å². The molecule has 0 bridgehead atoms. The lowest BCUT2D eigenvalue weighted by Crippen LogP contribution is -2.02. The van der Waals surface area contributed by atoms with Crippen molar-refractivity contribution in [2.75, 3.05) is 18.1 Å². The van der Waals surface area contributed by atoms with Gasteiger partial charge >= 0.3 is 0 Å². The Kier molecular flexibility index (Phi) is 10.00. The summed E-state index contributed by atoms with van der Waals surface area (Å²) in [6, 6.07) is 0. The Labute approximate surface area is 88.3 Å². The molecule has 0 saturated carbocycles. The van der Waals surface area contributed by atoms with Crippen molar-refractivity contribution in [3.63, 3.8) is 0 Å². The zero-order chi connectivity index (χ0) is 9.94. The first-order valence-electron chi connectivity index (χ1n) is 4.70. The number of isothiocyanates is 1. The van der Waals surface area contributed by atoms with Gasteiger partial charge in [0.25, 0.3) is 0 Å². The summed E-state index contributed by atoms with van der Waals surface area (Å²) in [5.41, 5.74) is 0. The zero-order valence-electron chi connectivity index (χ0n) is 8.12. The summed E-state index contributed by atoms with van der Waals surface area (Å²) in [6.45, 7) is 2.85. The number of rotatable bonds is 8. The van der Waals surface area contributed by atoms with E-state index < -0.39 is 10.8 Å². The first-order valence-corrected chi connectivity index (χ1v) is 6.59. The van der Waals surface area contributed by atoms with Gasteiger partial charge in [-0.15, -0.1) is 0 Å². The maximum absolute atomic E-state index is 11.3. The van der Waals surface area contributed by atoms with Gasteiger partial charge in [0.05, 0.1) is 5.16 Å². The Morgan fingerprint density at radius 2 is 2.00 bits per heavy atom. The van der Waals surface area contributed by atoms with Crippen molar-refractivity contribution in [1.29, 1.82) is 0 Å². The van der Waals surface area contributed by atoms with Crippen molar-refractivity contribution in [2.45, 2.75) is 32.6 Å². The molecule has 76 valence electrons. The van der Waals surface area contributed by atoms with Crippen molar-refractivity contribution in [1.82, 2.24) is 0 Å². The van der Waals surface area contributed by atoms with Crippen molar-refractivity contribution >= 4 is 28.2 Å². The number of thiocarbonyl (C=S) groups is 1. The molecule has 0 amide bonds. The zero-order valence-corrected chi connectivity index (χ0v) is 9.75. The number of hydrogen-bond acceptors (Lipinski definition) is 3. The summed E-state index contributed by atoms with van der Waals surface area (Å²) >= 11 is 4.43. The summed E-state index contributed by atoms with van der Waals surface area (Å²) in [5, 5.41) is 2.32. The van der Waals surface area contributed by atoms with Gasteiger partial charge < -0.3 is 0 Å². The maximum Gasteiger partial charge on any atom is 0.0584 e. The smallest absolute Gasteiger partial charge is 0.0584 e. The van der Waals surface area contributed by atoms with Crippen LogP contribution >= 0.6 is 12.2 Å². The van der Waals surface area contributed by atoms with E-state index in [4.69, 9.17) is 0 Å². The molecule has 0 saturated heterocycles.